The second-order valence-corrected chi connectivity index (χ2v) is 6.93. The molecule has 0 amide bonds. The van der Waals surface area contributed by atoms with E-state index in [1.807, 2.05) is 6.07 Å². The van der Waals surface area contributed by atoms with E-state index in [-0.39, 0.29) is 0 Å². The number of nitrogens with zero attached hydrogens (tertiary/aromatic N) is 3. The minimum Gasteiger partial charge on any atom is -0.342 e. The number of piperidine rings is 1. The van der Waals surface area contributed by atoms with Gasteiger partial charge in [0.1, 0.15) is 5.84 Å². The van der Waals surface area contributed by atoms with Crippen LogP contribution >= 0.6 is 0 Å². The molecule has 1 fully saturated rings. The standard InChI is InChI=1S/C22H26N4/c1-3-9-18(10-4-1)22-19-11-5-6-12-20(19)25-21(17-24-22)23-13-16-26-14-7-2-8-15-26/h1,3-6,9-12H,2,7-8,13-17H2,(H,23,25). The number of rotatable bonds is 4. The lowest BCUT2D eigenvalue weighted by Crippen LogP contribution is -2.32. The first-order valence-electron chi connectivity index (χ1n) is 9.62. The molecule has 2 aliphatic rings. The van der Waals surface area contributed by atoms with Crippen molar-refractivity contribution in [1.29, 1.82) is 0 Å². The maximum Gasteiger partial charge on any atom is 0.123 e. The molecule has 0 spiro atoms. The third kappa shape index (κ3) is 4.02. The Kier molecular flexibility index (Phi) is 5.41. The lowest BCUT2D eigenvalue weighted by molar-refractivity contribution is 0.235. The summed E-state index contributed by atoms with van der Waals surface area (Å²) in [5.41, 5.74) is 4.41. The van der Waals surface area contributed by atoms with Gasteiger partial charge in [0.25, 0.3) is 0 Å². The molecule has 134 valence electrons. The number of hydrogen-bond donors (Lipinski definition) is 1. The molecule has 2 aromatic carbocycles. The van der Waals surface area contributed by atoms with Crippen molar-refractivity contribution in [2.75, 3.05) is 38.0 Å². The van der Waals surface area contributed by atoms with Gasteiger partial charge in [0.05, 0.1) is 18.8 Å². The summed E-state index contributed by atoms with van der Waals surface area (Å²) in [6.45, 7) is 4.91. The highest BCUT2D eigenvalue weighted by Crippen LogP contribution is 2.22. The van der Waals surface area contributed by atoms with Gasteiger partial charge in [0, 0.05) is 23.4 Å². The first-order valence-corrected chi connectivity index (χ1v) is 9.62. The first-order chi connectivity index (χ1) is 12.9. The molecule has 1 N–H and O–H groups in total. The fourth-order valence-electron chi connectivity index (χ4n) is 3.67. The monoisotopic (exact) mass is 346 g/mol. The zero-order chi connectivity index (χ0) is 17.6. The van der Waals surface area contributed by atoms with Crippen LogP contribution in [0.15, 0.2) is 64.6 Å². The van der Waals surface area contributed by atoms with Crippen molar-refractivity contribution in [1.82, 2.24) is 4.90 Å². The third-order valence-corrected chi connectivity index (χ3v) is 5.06. The maximum atomic E-state index is 4.89. The molecule has 0 aromatic heterocycles. The topological polar surface area (TPSA) is 40.0 Å². The molecule has 0 atom stereocenters. The van der Waals surface area contributed by atoms with Crippen molar-refractivity contribution < 1.29 is 0 Å². The number of nitrogens with one attached hydrogen (secondary N) is 1. The quantitative estimate of drug-likeness (QED) is 0.914. The van der Waals surface area contributed by atoms with Crippen LogP contribution in [0.2, 0.25) is 0 Å². The second kappa shape index (κ2) is 8.28. The normalized spacial score (nSPS) is 19.4. The number of benzodiazepines with no additional fused rings is 1. The molecular formula is C22H26N4. The van der Waals surface area contributed by atoms with Crippen LogP contribution in [0.4, 0.5) is 5.69 Å². The Morgan fingerprint density at radius 2 is 1.69 bits per heavy atom. The summed E-state index contributed by atoms with van der Waals surface area (Å²) < 4.78 is 0. The first kappa shape index (κ1) is 17.0. The predicted octanol–water partition coefficient (Wildman–Crippen LogP) is 3.83. The largest absolute Gasteiger partial charge is 0.342 e. The minimum atomic E-state index is 0.596. The highest BCUT2D eigenvalue weighted by molar-refractivity contribution is 6.19. The highest BCUT2D eigenvalue weighted by atomic mass is 15.1. The molecule has 0 bridgehead atoms. The fraction of sp³-hybridized carbons (Fsp3) is 0.364. The summed E-state index contributed by atoms with van der Waals surface area (Å²) in [4.78, 5) is 12.2. The van der Waals surface area contributed by atoms with Crippen LogP contribution in [0.25, 0.3) is 0 Å². The molecule has 2 aromatic rings. The maximum absolute atomic E-state index is 4.89. The Hall–Kier alpha value is -2.46. The molecule has 0 saturated carbocycles. The molecule has 2 heterocycles. The smallest absolute Gasteiger partial charge is 0.123 e. The number of hydrogen-bond acceptors (Lipinski definition) is 3. The molecule has 4 nitrogen and oxygen atoms in total. The summed E-state index contributed by atoms with van der Waals surface area (Å²) >= 11 is 0. The number of fused-ring (bicyclic) bond motifs is 1. The number of aliphatic imine (C=N–C) groups is 2. The van der Waals surface area contributed by atoms with Crippen molar-refractivity contribution >= 4 is 17.2 Å². The SMILES string of the molecule is c1ccc(C2=NCC(=NCCN3CCCCC3)Nc3ccccc32)cc1. The van der Waals surface area contributed by atoms with Crippen LogP contribution < -0.4 is 5.32 Å². The van der Waals surface area contributed by atoms with Gasteiger partial charge in [-0.05, 0) is 32.0 Å². The van der Waals surface area contributed by atoms with Gasteiger partial charge < -0.3 is 10.2 Å². The Bertz CT molecular complexity index is 789. The van der Waals surface area contributed by atoms with E-state index in [1.54, 1.807) is 0 Å². The Morgan fingerprint density at radius 3 is 2.54 bits per heavy atom. The summed E-state index contributed by atoms with van der Waals surface area (Å²) in [7, 11) is 0. The summed E-state index contributed by atoms with van der Waals surface area (Å²) in [6.07, 6.45) is 4.03. The van der Waals surface area contributed by atoms with Crippen molar-refractivity contribution in [2.24, 2.45) is 9.98 Å². The lowest BCUT2D eigenvalue weighted by atomic mass is 10.0. The van der Waals surface area contributed by atoms with E-state index >= 15 is 0 Å². The summed E-state index contributed by atoms with van der Waals surface area (Å²) in [5.74, 6) is 0.959. The molecular weight excluding hydrogens is 320 g/mol. The average Bonchev–Trinajstić information content (AvgIpc) is 2.89. The van der Waals surface area contributed by atoms with Crippen LogP contribution in [0.3, 0.4) is 0 Å². The van der Waals surface area contributed by atoms with Crippen molar-refractivity contribution in [3.63, 3.8) is 0 Å². The zero-order valence-corrected chi connectivity index (χ0v) is 15.2. The van der Waals surface area contributed by atoms with Crippen LogP contribution in [0, 0.1) is 0 Å². The van der Waals surface area contributed by atoms with Crippen LogP contribution in [-0.2, 0) is 0 Å². The third-order valence-electron chi connectivity index (χ3n) is 5.06. The van der Waals surface area contributed by atoms with Crippen molar-refractivity contribution in [3.05, 3.63) is 65.7 Å². The van der Waals surface area contributed by atoms with Crippen LogP contribution in [0.5, 0.6) is 0 Å². The average molecular weight is 346 g/mol. The van der Waals surface area contributed by atoms with Gasteiger partial charge in [-0.15, -0.1) is 0 Å². The van der Waals surface area contributed by atoms with E-state index in [1.165, 1.54) is 32.4 Å². The molecule has 0 aliphatic carbocycles. The van der Waals surface area contributed by atoms with E-state index in [2.05, 4.69) is 58.7 Å². The molecule has 4 rings (SSSR count). The highest BCUT2D eigenvalue weighted by Gasteiger charge is 2.16. The van der Waals surface area contributed by atoms with Gasteiger partial charge in [-0.25, -0.2) is 0 Å². The van der Waals surface area contributed by atoms with E-state index in [0.717, 1.165) is 41.5 Å². The van der Waals surface area contributed by atoms with E-state index in [0.29, 0.717) is 6.54 Å². The summed E-state index contributed by atoms with van der Waals surface area (Å²) in [6, 6.07) is 18.8. The molecule has 0 unspecified atom stereocenters. The van der Waals surface area contributed by atoms with Gasteiger partial charge >= 0.3 is 0 Å². The summed E-state index contributed by atoms with van der Waals surface area (Å²) in [5, 5.41) is 3.51. The van der Waals surface area contributed by atoms with Gasteiger partial charge in [0.15, 0.2) is 0 Å². The van der Waals surface area contributed by atoms with Crippen molar-refractivity contribution in [2.45, 2.75) is 19.3 Å². The Morgan fingerprint density at radius 1 is 0.923 bits per heavy atom. The second-order valence-electron chi connectivity index (χ2n) is 6.93. The minimum absolute atomic E-state index is 0.596. The lowest BCUT2D eigenvalue weighted by Gasteiger charge is -2.25. The number of para-hydroxylation sites is 1. The van der Waals surface area contributed by atoms with E-state index in [4.69, 9.17) is 9.98 Å². The van der Waals surface area contributed by atoms with Crippen LogP contribution in [0.1, 0.15) is 30.4 Å². The fourth-order valence-corrected chi connectivity index (χ4v) is 3.67. The number of likely N-dealkylation sites (tertiary alicyclic amines) is 1. The van der Waals surface area contributed by atoms with Gasteiger partial charge in [-0.1, -0.05) is 55.0 Å². The number of anilines is 1. The number of amidine groups is 1. The molecule has 0 radical (unpaired) electrons. The van der Waals surface area contributed by atoms with E-state index < -0.39 is 0 Å². The van der Waals surface area contributed by atoms with Gasteiger partial charge in [-0.2, -0.15) is 0 Å². The molecule has 26 heavy (non-hydrogen) atoms. The van der Waals surface area contributed by atoms with Gasteiger partial charge in [-0.3, -0.25) is 9.98 Å². The predicted molar refractivity (Wildman–Crippen MR) is 110 cm³/mol. The van der Waals surface area contributed by atoms with Gasteiger partial charge in [0.2, 0.25) is 0 Å². The molecule has 4 heteroatoms. The zero-order valence-electron chi connectivity index (χ0n) is 15.2. The van der Waals surface area contributed by atoms with Crippen LogP contribution in [-0.4, -0.2) is 49.2 Å². The Balaban J connectivity index is 1.53. The van der Waals surface area contributed by atoms with Crippen molar-refractivity contribution in [3.8, 4) is 0 Å². The number of benzene rings is 2. The van der Waals surface area contributed by atoms with E-state index in [9.17, 15) is 0 Å². The Labute approximate surface area is 155 Å². The molecule has 1 saturated heterocycles. The molecule has 2 aliphatic heterocycles.